The van der Waals surface area contributed by atoms with Crippen molar-refractivity contribution in [2.75, 3.05) is 13.1 Å². The predicted molar refractivity (Wildman–Crippen MR) is 118 cm³/mol. The van der Waals surface area contributed by atoms with Crippen LogP contribution >= 0.6 is 0 Å². The molecule has 0 aromatic heterocycles. The van der Waals surface area contributed by atoms with Crippen LogP contribution in [0.15, 0.2) is 0 Å². The Kier molecular flexibility index (Phi) is 12.9. The Morgan fingerprint density at radius 3 is 1.33 bits per heavy atom. The van der Waals surface area contributed by atoms with E-state index in [0.717, 1.165) is 13.1 Å². The maximum absolute atomic E-state index is 11.1. The van der Waals surface area contributed by atoms with Gasteiger partial charge in [0.15, 0.2) is 0 Å². The zero-order chi connectivity index (χ0) is 22.0. The molecule has 2 amide bonds. The lowest BCUT2D eigenvalue weighted by Crippen LogP contribution is -2.39. The number of amides is 2. The molecule has 4 nitrogen and oxygen atoms in total. The van der Waals surface area contributed by atoms with Crippen molar-refractivity contribution >= 4 is 11.8 Å². The Morgan fingerprint density at radius 2 is 1.07 bits per heavy atom. The monoisotopic (exact) mass is 384 g/mol. The largest absolute Gasteiger partial charge is 0.356 e. The second-order valence-electron chi connectivity index (χ2n) is 10.1. The van der Waals surface area contributed by atoms with Gasteiger partial charge in [-0.2, -0.15) is 0 Å². The molecule has 0 rings (SSSR count). The molecule has 0 heterocycles. The quantitative estimate of drug-likeness (QED) is 0.569. The van der Waals surface area contributed by atoms with Crippen molar-refractivity contribution in [3.63, 3.8) is 0 Å². The van der Waals surface area contributed by atoms with Crippen LogP contribution in [-0.2, 0) is 9.59 Å². The third-order valence-corrected chi connectivity index (χ3v) is 6.32. The number of nitrogens with one attached hydrogen (secondary N) is 2. The van der Waals surface area contributed by atoms with Crippen molar-refractivity contribution < 1.29 is 9.59 Å². The minimum atomic E-state index is 0.0593. The molecule has 4 heteroatoms. The first-order valence-electron chi connectivity index (χ1n) is 10.6. The number of hydrogen-bond donors (Lipinski definition) is 2. The molecule has 162 valence electrons. The van der Waals surface area contributed by atoms with Crippen LogP contribution in [0.3, 0.4) is 0 Å². The van der Waals surface area contributed by atoms with Crippen molar-refractivity contribution in [1.29, 1.82) is 0 Å². The molecule has 0 aromatic rings. The molecule has 0 aliphatic carbocycles. The average Bonchev–Trinajstić information content (AvgIpc) is 2.56. The van der Waals surface area contributed by atoms with E-state index in [1.54, 1.807) is 6.92 Å². The Labute approximate surface area is 169 Å². The Bertz CT molecular complexity index is 440. The minimum absolute atomic E-state index is 0.0593. The molecule has 2 N–H and O–H groups in total. The van der Waals surface area contributed by atoms with E-state index in [2.05, 4.69) is 79.9 Å². The van der Waals surface area contributed by atoms with Gasteiger partial charge in [0, 0.05) is 26.4 Å². The molecule has 0 aliphatic heterocycles. The molecular weight excluding hydrogens is 336 g/mol. The SMILES string of the molecule is CC(=O)NCC(C)(C)C(C)C(C)C.CCC(=O)NCC(C)(C)C(C)C(C)C. The summed E-state index contributed by atoms with van der Waals surface area (Å²) in [5.41, 5.74) is 0.360. The standard InChI is InChI=1S/C12H25NO.C11H23NO/c1-7-11(14)13-8-12(5,6)10(4)9(2)3;1-8(2)9(3)11(5,6)7-12-10(4)13/h9-10H,7-8H2,1-6H3,(H,13,14);8-9H,7H2,1-6H3,(H,12,13). The fourth-order valence-corrected chi connectivity index (χ4v) is 2.93. The molecule has 0 saturated carbocycles. The topological polar surface area (TPSA) is 58.2 Å². The zero-order valence-electron chi connectivity index (χ0n) is 20.2. The fourth-order valence-electron chi connectivity index (χ4n) is 2.93. The Balaban J connectivity index is 0. The van der Waals surface area contributed by atoms with E-state index in [9.17, 15) is 9.59 Å². The van der Waals surface area contributed by atoms with Crippen LogP contribution in [0.4, 0.5) is 0 Å². The molecule has 0 saturated heterocycles. The van der Waals surface area contributed by atoms with Crippen LogP contribution in [0.2, 0.25) is 0 Å². The summed E-state index contributed by atoms with van der Waals surface area (Å²) in [6, 6.07) is 0. The van der Waals surface area contributed by atoms with Gasteiger partial charge in [-0.25, -0.2) is 0 Å². The summed E-state index contributed by atoms with van der Waals surface area (Å²) < 4.78 is 0. The van der Waals surface area contributed by atoms with E-state index in [1.807, 2.05) is 6.92 Å². The summed E-state index contributed by atoms with van der Waals surface area (Å²) in [4.78, 5) is 21.9. The van der Waals surface area contributed by atoms with E-state index >= 15 is 0 Å². The number of carbonyl (C=O) groups excluding carboxylic acids is 2. The van der Waals surface area contributed by atoms with E-state index in [0.29, 0.717) is 30.1 Å². The maximum Gasteiger partial charge on any atom is 0.219 e. The second kappa shape index (κ2) is 12.4. The van der Waals surface area contributed by atoms with Crippen molar-refractivity contribution in [3.05, 3.63) is 0 Å². The number of carbonyl (C=O) groups is 2. The molecule has 2 atom stereocenters. The van der Waals surface area contributed by atoms with Gasteiger partial charge in [0.05, 0.1) is 0 Å². The van der Waals surface area contributed by atoms with Crippen LogP contribution in [0.5, 0.6) is 0 Å². The lowest BCUT2D eigenvalue weighted by Gasteiger charge is -2.34. The van der Waals surface area contributed by atoms with Gasteiger partial charge >= 0.3 is 0 Å². The summed E-state index contributed by atoms with van der Waals surface area (Å²) in [5.74, 6) is 2.74. The minimum Gasteiger partial charge on any atom is -0.356 e. The summed E-state index contributed by atoms with van der Waals surface area (Å²) in [7, 11) is 0. The highest BCUT2D eigenvalue weighted by Crippen LogP contribution is 2.32. The second-order valence-corrected chi connectivity index (χ2v) is 10.1. The lowest BCUT2D eigenvalue weighted by molar-refractivity contribution is -0.121. The van der Waals surface area contributed by atoms with E-state index in [4.69, 9.17) is 0 Å². The van der Waals surface area contributed by atoms with Gasteiger partial charge in [0.25, 0.3) is 0 Å². The van der Waals surface area contributed by atoms with Crippen molar-refractivity contribution in [1.82, 2.24) is 10.6 Å². The van der Waals surface area contributed by atoms with Crippen molar-refractivity contribution in [2.45, 2.75) is 89.5 Å². The predicted octanol–water partition coefficient (Wildman–Crippen LogP) is 5.27. The van der Waals surface area contributed by atoms with Gasteiger partial charge in [0.1, 0.15) is 0 Å². The first kappa shape index (κ1) is 28.2. The molecule has 2 unspecified atom stereocenters. The normalized spacial score (nSPS) is 14.3. The van der Waals surface area contributed by atoms with E-state index < -0.39 is 0 Å². The van der Waals surface area contributed by atoms with Crippen molar-refractivity contribution in [2.24, 2.45) is 34.5 Å². The summed E-state index contributed by atoms with van der Waals surface area (Å²) in [6.07, 6.45) is 0.576. The maximum atomic E-state index is 11.1. The highest BCUT2D eigenvalue weighted by atomic mass is 16.2. The smallest absolute Gasteiger partial charge is 0.219 e. The van der Waals surface area contributed by atoms with Crippen molar-refractivity contribution in [3.8, 4) is 0 Å². The lowest BCUT2D eigenvalue weighted by atomic mass is 9.74. The van der Waals surface area contributed by atoms with Crippen LogP contribution in [-0.4, -0.2) is 24.9 Å². The molecule has 0 aromatic carbocycles. The van der Waals surface area contributed by atoms with Gasteiger partial charge in [-0.15, -0.1) is 0 Å². The zero-order valence-corrected chi connectivity index (χ0v) is 20.2. The van der Waals surface area contributed by atoms with Gasteiger partial charge in [0.2, 0.25) is 11.8 Å². The fraction of sp³-hybridized carbons (Fsp3) is 0.913. The van der Waals surface area contributed by atoms with Crippen LogP contribution < -0.4 is 10.6 Å². The molecular formula is C23H48N2O2. The Morgan fingerprint density at radius 1 is 0.741 bits per heavy atom. The van der Waals surface area contributed by atoms with Crippen LogP contribution in [0, 0.1) is 34.5 Å². The Hall–Kier alpha value is -1.06. The van der Waals surface area contributed by atoms with E-state index in [-0.39, 0.29) is 22.6 Å². The molecule has 0 radical (unpaired) electrons. The first-order chi connectivity index (χ1) is 12.1. The van der Waals surface area contributed by atoms with E-state index in [1.165, 1.54) is 0 Å². The molecule has 0 bridgehead atoms. The molecule has 0 fully saturated rings. The molecule has 0 aliphatic rings. The third kappa shape index (κ3) is 12.1. The number of rotatable bonds is 9. The molecule has 27 heavy (non-hydrogen) atoms. The third-order valence-electron chi connectivity index (χ3n) is 6.32. The average molecular weight is 385 g/mol. The summed E-state index contributed by atoms with van der Waals surface area (Å²) in [6.45, 7) is 27.2. The summed E-state index contributed by atoms with van der Waals surface area (Å²) in [5, 5.41) is 5.85. The van der Waals surface area contributed by atoms with Gasteiger partial charge in [-0.3, -0.25) is 9.59 Å². The van der Waals surface area contributed by atoms with Crippen LogP contribution in [0.25, 0.3) is 0 Å². The highest BCUT2D eigenvalue weighted by molar-refractivity contribution is 5.75. The highest BCUT2D eigenvalue weighted by Gasteiger charge is 2.28. The van der Waals surface area contributed by atoms with Crippen LogP contribution in [0.1, 0.15) is 89.5 Å². The summed E-state index contributed by atoms with van der Waals surface area (Å²) >= 11 is 0. The van der Waals surface area contributed by atoms with Gasteiger partial charge in [-0.05, 0) is 34.5 Å². The number of hydrogen-bond acceptors (Lipinski definition) is 2. The van der Waals surface area contributed by atoms with Gasteiger partial charge in [-0.1, -0.05) is 76.2 Å². The van der Waals surface area contributed by atoms with Gasteiger partial charge < -0.3 is 10.6 Å². The molecule has 0 spiro atoms. The first-order valence-corrected chi connectivity index (χ1v) is 10.6.